The molecule has 2 N–H and O–H groups in total. The summed E-state index contributed by atoms with van der Waals surface area (Å²) in [7, 11) is 1.77. The second kappa shape index (κ2) is 6.14. The number of nitrogens with one attached hydrogen (secondary N) is 2. The fourth-order valence-electron chi connectivity index (χ4n) is 1.22. The van der Waals surface area contributed by atoms with Crippen molar-refractivity contribution >= 4 is 35.2 Å². The lowest BCUT2D eigenvalue weighted by Crippen LogP contribution is -2.17. The number of aryl methyl sites for hydroxylation is 1. The largest absolute Gasteiger partial charge is 0.312 e. The molecule has 2 heterocycles. The number of rotatable bonds is 5. The van der Waals surface area contributed by atoms with Crippen LogP contribution in [0.25, 0.3) is 0 Å². The first-order chi connectivity index (χ1) is 9.56. The highest BCUT2D eigenvalue weighted by atomic mass is 32.2. The summed E-state index contributed by atoms with van der Waals surface area (Å²) >= 11 is 1.21. The quantitative estimate of drug-likeness (QED) is 0.731. The van der Waals surface area contributed by atoms with Crippen molar-refractivity contribution in [1.29, 1.82) is 0 Å². The summed E-state index contributed by atoms with van der Waals surface area (Å²) in [6.45, 7) is 1.31. The van der Waals surface area contributed by atoms with E-state index in [1.165, 1.54) is 25.0 Å². The molecule has 0 aliphatic carbocycles. The normalized spacial score (nSPS) is 10.3. The van der Waals surface area contributed by atoms with E-state index in [1.807, 2.05) is 0 Å². The van der Waals surface area contributed by atoms with E-state index >= 15 is 0 Å². The molecular weight excluding hydrogens is 286 g/mol. The Hall–Kier alpha value is -2.43. The maximum absolute atomic E-state index is 11.7. The second-order valence-corrected chi connectivity index (χ2v) is 4.65. The van der Waals surface area contributed by atoms with E-state index in [-0.39, 0.29) is 29.2 Å². The Balaban J connectivity index is 1.90. The van der Waals surface area contributed by atoms with Gasteiger partial charge in [0.15, 0.2) is 5.16 Å². The number of nitrogens with zero attached hydrogens (tertiary/aromatic N) is 5. The molecule has 10 nitrogen and oxygen atoms in total. The van der Waals surface area contributed by atoms with E-state index in [4.69, 9.17) is 0 Å². The molecule has 0 bridgehead atoms. The molecule has 0 aromatic carbocycles. The third kappa shape index (κ3) is 3.54. The second-order valence-electron chi connectivity index (χ2n) is 3.70. The zero-order valence-electron chi connectivity index (χ0n) is 10.7. The van der Waals surface area contributed by atoms with Gasteiger partial charge < -0.3 is 15.2 Å². The highest BCUT2D eigenvalue weighted by Gasteiger charge is 2.15. The number of carbonyl (C=O) groups is 2. The maximum Gasteiger partial charge on any atom is 0.236 e. The molecule has 0 radical (unpaired) electrons. The summed E-state index contributed by atoms with van der Waals surface area (Å²) in [5.41, 5.74) is 0. The zero-order chi connectivity index (χ0) is 14.5. The molecule has 0 atom stereocenters. The predicted octanol–water partition coefficient (Wildman–Crippen LogP) is -0.113. The van der Waals surface area contributed by atoms with Crippen molar-refractivity contribution < 1.29 is 14.2 Å². The molecule has 106 valence electrons. The van der Waals surface area contributed by atoms with E-state index in [9.17, 15) is 9.59 Å². The highest BCUT2D eigenvalue weighted by Crippen LogP contribution is 2.17. The molecule has 20 heavy (non-hydrogen) atoms. The van der Waals surface area contributed by atoms with Gasteiger partial charge in [0.25, 0.3) is 0 Å². The lowest BCUT2D eigenvalue weighted by atomic mass is 10.5. The summed E-state index contributed by atoms with van der Waals surface area (Å²) in [4.78, 5) is 22.7. The van der Waals surface area contributed by atoms with E-state index in [0.717, 1.165) is 0 Å². The summed E-state index contributed by atoms with van der Waals surface area (Å²) in [5, 5.41) is 20.0. The maximum atomic E-state index is 11.7. The van der Waals surface area contributed by atoms with Crippen molar-refractivity contribution in [1.82, 2.24) is 25.1 Å². The minimum absolute atomic E-state index is 0.0590. The minimum atomic E-state index is -0.343. The number of amides is 2. The van der Waals surface area contributed by atoms with Crippen molar-refractivity contribution in [2.45, 2.75) is 12.1 Å². The van der Waals surface area contributed by atoms with E-state index in [2.05, 4.69) is 35.8 Å². The molecule has 11 heteroatoms. The first-order valence-electron chi connectivity index (χ1n) is 5.43. The summed E-state index contributed by atoms with van der Waals surface area (Å²) < 4.78 is 6.15. The fourth-order valence-corrected chi connectivity index (χ4v) is 1.91. The van der Waals surface area contributed by atoms with Gasteiger partial charge in [-0.1, -0.05) is 11.8 Å². The topological polar surface area (TPSA) is 128 Å². The van der Waals surface area contributed by atoms with Gasteiger partial charge in [-0.2, -0.15) is 0 Å². The summed E-state index contributed by atoms with van der Waals surface area (Å²) in [5.74, 6) is -0.443. The van der Waals surface area contributed by atoms with Gasteiger partial charge in [-0.3, -0.25) is 9.59 Å². The molecule has 0 fully saturated rings. The van der Waals surface area contributed by atoms with Gasteiger partial charge in [0, 0.05) is 14.0 Å². The lowest BCUT2D eigenvalue weighted by molar-refractivity contribution is -0.115. The third-order valence-corrected chi connectivity index (χ3v) is 3.08. The van der Waals surface area contributed by atoms with Crippen LogP contribution in [0.2, 0.25) is 0 Å². The number of anilines is 2. The molecular formula is C9H11N7O3S. The van der Waals surface area contributed by atoms with Gasteiger partial charge in [-0.05, 0) is 10.3 Å². The Bertz CT molecular complexity index is 623. The van der Waals surface area contributed by atoms with Gasteiger partial charge in [0.1, 0.15) is 6.33 Å². The fraction of sp³-hybridized carbons (Fsp3) is 0.333. The van der Waals surface area contributed by atoms with Crippen molar-refractivity contribution in [2.24, 2.45) is 7.05 Å². The van der Waals surface area contributed by atoms with Gasteiger partial charge in [-0.25, -0.2) is 4.63 Å². The number of hydrogen-bond acceptors (Lipinski definition) is 8. The van der Waals surface area contributed by atoms with E-state index in [0.29, 0.717) is 5.16 Å². The van der Waals surface area contributed by atoms with Crippen LogP contribution in [0.15, 0.2) is 16.1 Å². The standard InChI is InChI=1S/C9H11N7O3S/c1-5(17)11-7-8(15-19-14-7)12-6(18)3-20-9-13-10-4-16(9)2/h4H,3H2,1-2H3,(H,11,14,17)(H,12,15,18). The number of hydrogen-bond donors (Lipinski definition) is 2. The minimum Gasteiger partial charge on any atom is -0.312 e. The molecule has 0 saturated carbocycles. The van der Waals surface area contributed by atoms with Crippen molar-refractivity contribution in [3.8, 4) is 0 Å². The Morgan fingerprint density at radius 1 is 1.35 bits per heavy atom. The lowest BCUT2D eigenvalue weighted by Gasteiger charge is -2.02. The highest BCUT2D eigenvalue weighted by molar-refractivity contribution is 7.99. The Morgan fingerprint density at radius 2 is 2.05 bits per heavy atom. The van der Waals surface area contributed by atoms with Crippen LogP contribution in [0.1, 0.15) is 6.92 Å². The van der Waals surface area contributed by atoms with Crippen LogP contribution in [0.4, 0.5) is 11.6 Å². The molecule has 0 saturated heterocycles. The van der Waals surface area contributed by atoms with Crippen LogP contribution in [0.5, 0.6) is 0 Å². The zero-order valence-corrected chi connectivity index (χ0v) is 11.5. The van der Waals surface area contributed by atoms with Crippen molar-refractivity contribution in [3.05, 3.63) is 6.33 Å². The van der Waals surface area contributed by atoms with Gasteiger partial charge in [0.05, 0.1) is 5.75 Å². The van der Waals surface area contributed by atoms with Crippen molar-refractivity contribution in [3.63, 3.8) is 0 Å². The molecule has 2 rings (SSSR count). The first-order valence-corrected chi connectivity index (χ1v) is 6.41. The third-order valence-electron chi connectivity index (χ3n) is 2.04. The molecule has 2 amide bonds. The van der Waals surface area contributed by atoms with Crippen LogP contribution in [0, 0.1) is 0 Å². The monoisotopic (exact) mass is 297 g/mol. The molecule has 0 spiro atoms. The average Bonchev–Trinajstić information content (AvgIpc) is 2.96. The van der Waals surface area contributed by atoms with Crippen molar-refractivity contribution in [2.75, 3.05) is 16.4 Å². The smallest absolute Gasteiger partial charge is 0.236 e. The van der Waals surface area contributed by atoms with Gasteiger partial charge >= 0.3 is 0 Å². The van der Waals surface area contributed by atoms with Gasteiger partial charge in [-0.15, -0.1) is 10.2 Å². The predicted molar refractivity (Wildman–Crippen MR) is 69.0 cm³/mol. The van der Waals surface area contributed by atoms with Gasteiger partial charge in [0.2, 0.25) is 23.5 Å². The van der Waals surface area contributed by atoms with Crippen LogP contribution < -0.4 is 10.6 Å². The number of carbonyl (C=O) groups excluding carboxylic acids is 2. The van der Waals surface area contributed by atoms with E-state index in [1.54, 1.807) is 11.6 Å². The Kier molecular flexibility index (Phi) is 4.30. The summed E-state index contributed by atoms with van der Waals surface area (Å²) in [6.07, 6.45) is 1.54. The van der Waals surface area contributed by atoms with Crippen LogP contribution in [-0.2, 0) is 16.6 Å². The van der Waals surface area contributed by atoms with Crippen LogP contribution in [-0.4, -0.2) is 42.6 Å². The molecule has 0 aliphatic heterocycles. The SMILES string of the molecule is CC(=O)Nc1nonc1NC(=O)CSc1nncn1C. The molecule has 0 aliphatic rings. The number of aromatic nitrogens is 5. The Morgan fingerprint density at radius 3 is 2.65 bits per heavy atom. The molecule has 2 aromatic rings. The summed E-state index contributed by atoms with van der Waals surface area (Å²) in [6, 6.07) is 0. The van der Waals surface area contributed by atoms with E-state index < -0.39 is 0 Å². The van der Waals surface area contributed by atoms with Crippen LogP contribution >= 0.6 is 11.8 Å². The van der Waals surface area contributed by atoms with Crippen LogP contribution in [0.3, 0.4) is 0 Å². The first kappa shape index (κ1) is 14.0. The average molecular weight is 297 g/mol. The Labute approximate surface area is 117 Å². The number of thioether (sulfide) groups is 1. The molecule has 2 aromatic heterocycles. The molecule has 0 unspecified atom stereocenters.